The molecular weight excluding hydrogens is 277 g/mol. The van der Waals surface area contributed by atoms with E-state index in [1.807, 2.05) is 11.8 Å². The van der Waals surface area contributed by atoms with Crippen LogP contribution in [-0.4, -0.2) is 31.2 Å². The fraction of sp³-hybridized carbons (Fsp3) is 0.571. The van der Waals surface area contributed by atoms with E-state index in [1.165, 1.54) is 13.2 Å². The predicted molar refractivity (Wildman–Crippen MR) is 78.2 cm³/mol. The predicted octanol–water partition coefficient (Wildman–Crippen LogP) is 2.31. The summed E-state index contributed by atoms with van der Waals surface area (Å²) in [5, 5.41) is 11.1. The van der Waals surface area contributed by atoms with Crippen LogP contribution in [0.25, 0.3) is 0 Å². The van der Waals surface area contributed by atoms with Crippen molar-refractivity contribution >= 4 is 11.4 Å². The SMILES string of the molecule is COc1cc(N2CCC(C(C)N)CC2)c([N+](=O)[O-])cc1F. The molecule has 21 heavy (non-hydrogen) atoms. The van der Waals surface area contributed by atoms with E-state index in [4.69, 9.17) is 10.5 Å². The van der Waals surface area contributed by atoms with Gasteiger partial charge in [0.2, 0.25) is 0 Å². The molecular formula is C14H20FN3O3. The molecule has 1 unspecified atom stereocenters. The number of hydrogen-bond acceptors (Lipinski definition) is 5. The third-order valence-corrected chi connectivity index (χ3v) is 4.07. The van der Waals surface area contributed by atoms with Crippen molar-refractivity contribution in [3.05, 3.63) is 28.1 Å². The second-order valence-corrected chi connectivity index (χ2v) is 5.42. The molecule has 0 amide bonds. The summed E-state index contributed by atoms with van der Waals surface area (Å²) in [6, 6.07) is 2.44. The van der Waals surface area contributed by atoms with Crippen LogP contribution in [0, 0.1) is 21.8 Å². The number of piperidine rings is 1. The Labute approximate surface area is 122 Å². The molecule has 6 nitrogen and oxygen atoms in total. The molecule has 0 bridgehead atoms. The topological polar surface area (TPSA) is 81.6 Å². The second-order valence-electron chi connectivity index (χ2n) is 5.42. The van der Waals surface area contributed by atoms with Crippen LogP contribution in [0.3, 0.4) is 0 Å². The van der Waals surface area contributed by atoms with Crippen molar-refractivity contribution in [2.45, 2.75) is 25.8 Å². The van der Waals surface area contributed by atoms with E-state index in [2.05, 4.69) is 0 Å². The second kappa shape index (κ2) is 6.26. The maximum atomic E-state index is 13.7. The van der Waals surface area contributed by atoms with E-state index < -0.39 is 10.7 Å². The Morgan fingerprint density at radius 3 is 2.57 bits per heavy atom. The van der Waals surface area contributed by atoms with E-state index in [1.54, 1.807) is 0 Å². The largest absolute Gasteiger partial charge is 0.494 e. The molecule has 1 aromatic rings. The molecule has 1 aliphatic rings. The zero-order valence-corrected chi connectivity index (χ0v) is 12.2. The Morgan fingerprint density at radius 2 is 2.10 bits per heavy atom. The zero-order chi connectivity index (χ0) is 15.6. The van der Waals surface area contributed by atoms with Crippen molar-refractivity contribution in [1.82, 2.24) is 0 Å². The number of anilines is 1. The van der Waals surface area contributed by atoms with Crippen molar-refractivity contribution in [2.24, 2.45) is 11.7 Å². The van der Waals surface area contributed by atoms with Gasteiger partial charge in [0, 0.05) is 25.2 Å². The molecule has 0 aliphatic carbocycles. The molecule has 1 fully saturated rings. The third kappa shape index (κ3) is 3.24. The first-order valence-corrected chi connectivity index (χ1v) is 6.96. The first-order valence-electron chi connectivity index (χ1n) is 6.96. The van der Waals surface area contributed by atoms with E-state index in [9.17, 15) is 14.5 Å². The quantitative estimate of drug-likeness (QED) is 0.681. The van der Waals surface area contributed by atoms with Crippen molar-refractivity contribution in [3.63, 3.8) is 0 Å². The van der Waals surface area contributed by atoms with Crippen molar-refractivity contribution < 1.29 is 14.1 Å². The molecule has 0 aromatic heterocycles. The lowest BCUT2D eigenvalue weighted by Gasteiger charge is -2.34. The summed E-state index contributed by atoms with van der Waals surface area (Å²) in [6.45, 7) is 3.31. The highest BCUT2D eigenvalue weighted by atomic mass is 19.1. The number of rotatable bonds is 4. The summed E-state index contributed by atoms with van der Waals surface area (Å²) >= 11 is 0. The molecule has 1 heterocycles. The highest BCUT2D eigenvalue weighted by molar-refractivity contribution is 5.66. The van der Waals surface area contributed by atoms with Gasteiger partial charge in [0.1, 0.15) is 5.69 Å². The number of nitro groups is 1. The summed E-state index contributed by atoms with van der Waals surface area (Å²) < 4.78 is 18.6. The lowest BCUT2D eigenvalue weighted by atomic mass is 9.90. The fourth-order valence-electron chi connectivity index (χ4n) is 2.75. The summed E-state index contributed by atoms with van der Waals surface area (Å²) in [7, 11) is 1.34. The van der Waals surface area contributed by atoms with Crippen LogP contribution < -0.4 is 15.4 Å². The minimum atomic E-state index is -0.724. The van der Waals surface area contributed by atoms with E-state index in [0.29, 0.717) is 24.7 Å². The molecule has 7 heteroatoms. The zero-order valence-electron chi connectivity index (χ0n) is 12.2. The van der Waals surface area contributed by atoms with Crippen molar-refractivity contribution in [3.8, 4) is 5.75 Å². The maximum absolute atomic E-state index is 13.7. The van der Waals surface area contributed by atoms with E-state index in [0.717, 1.165) is 18.9 Å². The molecule has 1 saturated heterocycles. The minimum Gasteiger partial charge on any atom is -0.494 e. The Kier molecular flexibility index (Phi) is 4.62. The molecule has 0 radical (unpaired) electrons. The lowest BCUT2D eigenvalue weighted by Crippen LogP contribution is -2.40. The molecule has 116 valence electrons. The van der Waals surface area contributed by atoms with Crippen molar-refractivity contribution in [2.75, 3.05) is 25.1 Å². The number of halogens is 1. The van der Waals surface area contributed by atoms with Gasteiger partial charge in [-0.25, -0.2) is 4.39 Å². The van der Waals surface area contributed by atoms with Gasteiger partial charge in [-0.15, -0.1) is 0 Å². The number of benzene rings is 1. The van der Waals surface area contributed by atoms with E-state index >= 15 is 0 Å². The monoisotopic (exact) mass is 297 g/mol. The number of methoxy groups -OCH3 is 1. The highest BCUT2D eigenvalue weighted by Crippen LogP contribution is 2.36. The third-order valence-electron chi connectivity index (χ3n) is 4.07. The van der Waals surface area contributed by atoms with Gasteiger partial charge in [-0.3, -0.25) is 10.1 Å². The van der Waals surface area contributed by atoms with Gasteiger partial charge < -0.3 is 15.4 Å². The van der Waals surface area contributed by atoms with E-state index in [-0.39, 0.29) is 17.5 Å². The average molecular weight is 297 g/mol. The van der Waals surface area contributed by atoms with Gasteiger partial charge in [0.05, 0.1) is 18.1 Å². The maximum Gasteiger partial charge on any atom is 0.295 e. The Balaban J connectivity index is 2.28. The fourth-order valence-corrected chi connectivity index (χ4v) is 2.75. The Morgan fingerprint density at radius 1 is 1.48 bits per heavy atom. The van der Waals surface area contributed by atoms with Crippen LogP contribution in [0.15, 0.2) is 12.1 Å². The summed E-state index contributed by atoms with van der Waals surface area (Å²) in [6.07, 6.45) is 1.74. The molecule has 2 rings (SSSR count). The van der Waals surface area contributed by atoms with Gasteiger partial charge in [-0.05, 0) is 25.7 Å². The number of nitro benzene ring substituents is 1. The van der Waals surface area contributed by atoms with Crippen LogP contribution >= 0.6 is 0 Å². The average Bonchev–Trinajstić information content (AvgIpc) is 2.47. The van der Waals surface area contributed by atoms with Gasteiger partial charge in [0.15, 0.2) is 11.6 Å². The standard InChI is InChI=1S/C14H20FN3O3/c1-9(16)10-3-5-17(6-4-10)12-8-14(21-2)11(15)7-13(12)18(19)20/h7-10H,3-6,16H2,1-2H3. The number of nitrogens with zero attached hydrogens (tertiary/aromatic N) is 2. The normalized spacial score (nSPS) is 17.6. The molecule has 0 spiro atoms. The number of nitrogens with two attached hydrogens (primary N) is 1. The van der Waals surface area contributed by atoms with Gasteiger partial charge >= 0.3 is 0 Å². The van der Waals surface area contributed by atoms with Gasteiger partial charge in [0.25, 0.3) is 5.69 Å². The molecule has 1 atom stereocenters. The number of hydrogen-bond donors (Lipinski definition) is 1. The van der Waals surface area contributed by atoms with Crippen LogP contribution in [0.4, 0.5) is 15.8 Å². The molecule has 1 aliphatic heterocycles. The molecule has 1 aromatic carbocycles. The van der Waals surface area contributed by atoms with Gasteiger partial charge in [-0.1, -0.05) is 0 Å². The van der Waals surface area contributed by atoms with Crippen molar-refractivity contribution in [1.29, 1.82) is 0 Å². The summed E-state index contributed by atoms with van der Waals surface area (Å²) in [4.78, 5) is 12.5. The minimum absolute atomic E-state index is 0.0184. The van der Waals surface area contributed by atoms with Gasteiger partial charge in [-0.2, -0.15) is 0 Å². The first kappa shape index (κ1) is 15.5. The van der Waals surface area contributed by atoms with Crippen LogP contribution in [0.5, 0.6) is 5.75 Å². The smallest absolute Gasteiger partial charge is 0.295 e. The summed E-state index contributed by atoms with van der Waals surface area (Å²) in [5.74, 6) is -0.286. The molecule has 0 saturated carbocycles. The lowest BCUT2D eigenvalue weighted by molar-refractivity contribution is -0.384. The first-order chi connectivity index (χ1) is 9.93. The Bertz CT molecular complexity index is 528. The van der Waals surface area contributed by atoms with Crippen LogP contribution in [0.1, 0.15) is 19.8 Å². The highest BCUT2D eigenvalue weighted by Gasteiger charge is 2.28. The van der Waals surface area contributed by atoms with Crippen LogP contribution in [-0.2, 0) is 0 Å². The summed E-state index contributed by atoms with van der Waals surface area (Å²) in [5.41, 5.74) is 6.07. The van der Waals surface area contributed by atoms with Crippen LogP contribution in [0.2, 0.25) is 0 Å². The Hall–Kier alpha value is -1.89. The number of ether oxygens (including phenoxy) is 1. The molecule has 2 N–H and O–H groups in total.